The third kappa shape index (κ3) is 5.77. The van der Waals surface area contributed by atoms with E-state index in [1.54, 1.807) is 31.2 Å². The van der Waals surface area contributed by atoms with Gasteiger partial charge in [-0.15, -0.1) is 0 Å². The zero-order valence-corrected chi connectivity index (χ0v) is 18.9. The van der Waals surface area contributed by atoms with Gasteiger partial charge in [0.2, 0.25) is 0 Å². The van der Waals surface area contributed by atoms with E-state index in [0.717, 1.165) is 11.1 Å². The Kier molecular flexibility index (Phi) is 6.87. The topological polar surface area (TPSA) is 84.5 Å². The molecule has 0 heterocycles. The SMILES string of the molecule is Cc1ccc(O[C@@H](C)C(=O)Nc2ccc(S(=O)(=O)Nc3ccccc3Cl)cc2)cc1C. The van der Waals surface area contributed by atoms with Gasteiger partial charge in [0.15, 0.2) is 6.10 Å². The van der Waals surface area contributed by atoms with E-state index in [-0.39, 0.29) is 10.8 Å². The van der Waals surface area contributed by atoms with E-state index >= 15 is 0 Å². The van der Waals surface area contributed by atoms with Gasteiger partial charge in [-0.1, -0.05) is 29.8 Å². The number of hydrogen-bond acceptors (Lipinski definition) is 4. The summed E-state index contributed by atoms with van der Waals surface area (Å²) in [6.45, 7) is 5.63. The molecule has 6 nitrogen and oxygen atoms in total. The smallest absolute Gasteiger partial charge is 0.265 e. The van der Waals surface area contributed by atoms with Crippen molar-refractivity contribution in [3.8, 4) is 5.75 Å². The molecule has 0 saturated carbocycles. The van der Waals surface area contributed by atoms with Crippen molar-refractivity contribution >= 4 is 38.9 Å². The zero-order valence-electron chi connectivity index (χ0n) is 17.3. The van der Waals surface area contributed by atoms with Gasteiger partial charge < -0.3 is 10.1 Å². The summed E-state index contributed by atoms with van der Waals surface area (Å²) in [6.07, 6.45) is -0.729. The Hall–Kier alpha value is -3.03. The van der Waals surface area contributed by atoms with Crippen molar-refractivity contribution < 1.29 is 17.9 Å². The lowest BCUT2D eigenvalue weighted by molar-refractivity contribution is -0.122. The van der Waals surface area contributed by atoms with E-state index in [1.165, 1.54) is 24.3 Å². The van der Waals surface area contributed by atoms with E-state index in [0.29, 0.717) is 22.1 Å². The number of halogens is 1. The van der Waals surface area contributed by atoms with Gasteiger partial charge in [0.05, 0.1) is 15.6 Å². The molecule has 0 bridgehead atoms. The van der Waals surface area contributed by atoms with Crippen LogP contribution < -0.4 is 14.8 Å². The third-order valence-corrected chi connectivity index (χ3v) is 6.42. The van der Waals surface area contributed by atoms with Crippen LogP contribution in [0.1, 0.15) is 18.1 Å². The summed E-state index contributed by atoms with van der Waals surface area (Å²) in [5.41, 5.74) is 2.96. The molecule has 0 saturated heterocycles. The molecule has 8 heteroatoms. The molecule has 31 heavy (non-hydrogen) atoms. The Morgan fingerprint density at radius 1 is 0.968 bits per heavy atom. The van der Waals surface area contributed by atoms with E-state index in [9.17, 15) is 13.2 Å². The molecule has 1 atom stereocenters. The Bertz CT molecular complexity index is 1190. The van der Waals surface area contributed by atoms with Gasteiger partial charge in [0.1, 0.15) is 5.75 Å². The molecule has 0 fully saturated rings. The quantitative estimate of drug-likeness (QED) is 0.512. The number of amides is 1. The second-order valence-electron chi connectivity index (χ2n) is 7.11. The lowest BCUT2D eigenvalue weighted by Gasteiger charge is -2.16. The van der Waals surface area contributed by atoms with Crippen molar-refractivity contribution in [3.05, 3.63) is 82.9 Å². The summed E-state index contributed by atoms with van der Waals surface area (Å²) >= 11 is 6.02. The predicted molar refractivity (Wildman–Crippen MR) is 123 cm³/mol. The van der Waals surface area contributed by atoms with Gasteiger partial charge in [-0.3, -0.25) is 9.52 Å². The fourth-order valence-electron chi connectivity index (χ4n) is 2.75. The number of rotatable bonds is 7. The second-order valence-corrected chi connectivity index (χ2v) is 9.19. The maximum absolute atomic E-state index is 12.6. The van der Waals surface area contributed by atoms with Crippen LogP contribution in [0.15, 0.2) is 71.6 Å². The number of hydrogen-bond donors (Lipinski definition) is 2. The first-order valence-electron chi connectivity index (χ1n) is 9.58. The largest absolute Gasteiger partial charge is 0.481 e. The van der Waals surface area contributed by atoms with Gasteiger partial charge in [-0.25, -0.2) is 8.42 Å². The maximum Gasteiger partial charge on any atom is 0.265 e. The number of nitrogens with one attached hydrogen (secondary N) is 2. The van der Waals surface area contributed by atoms with Crippen molar-refractivity contribution in [3.63, 3.8) is 0 Å². The molecule has 0 aliphatic carbocycles. The monoisotopic (exact) mass is 458 g/mol. The summed E-state index contributed by atoms with van der Waals surface area (Å²) < 4.78 is 33.3. The Morgan fingerprint density at radius 2 is 1.65 bits per heavy atom. The molecule has 0 radical (unpaired) electrons. The van der Waals surface area contributed by atoms with Gasteiger partial charge in [0.25, 0.3) is 15.9 Å². The third-order valence-electron chi connectivity index (χ3n) is 4.71. The van der Waals surface area contributed by atoms with Crippen LogP contribution in [-0.4, -0.2) is 20.4 Å². The van der Waals surface area contributed by atoms with Crippen LogP contribution in [0.2, 0.25) is 5.02 Å². The highest BCUT2D eigenvalue weighted by Crippen LogP contribution is 2.25. The highest BCUT2D eigenvalue weighted by molar-refractivity contribution is 7.92. The number of para-hydroxylation sites is 1. The van der Waals surface area contributed by atoms with E-state index < -0.39 is 16.1 Å². The number of aryl methyl sites for hydroxylation is 2. The van der Waals surface area contributed by atoms with Gasteiger partial charge in [0, 0.05) is 5.69 Å². The standard InChI is InChI=1S/C23H23ClN2O4S/c1-15-8-11-19(14-16(15)2)30-17(3)23(27)25-18-9-12-20(13-10-18)31(28,29)26-22-7-5-4-6-21(22)24/h4-14,17,26H,1-3H3,(H,25,27)/t17-/m0/s1. The molecule has 0 aliphatic rings. The van der Waals surface area contributed by atoms with E-state index in [1.807, 2.05) is 32.0 Å². The minimum atomic E-state index is -3.82. The summed E-state index contributed by atoms with van der Waals surface area (Å²) in [5.74, 6) is 0.265. The maximum atomic E-state index is 12.6. The molecule has 0 unspecified atom stereocenters. The number of sulfonamides is 1. The van der Waals surface area contributed by atoms with Gasteiger partial charge in [-0.2, -0.15) is 0 Å². The number of anilines is 2. The van der Waals surface area contributed by atoms with Crippen LogP contribution in [0.4, 0.5) is 11.4 Å². The minimum Gasteiger partial charge on any atom is -0.481 e. The average Bonchev–Trinajstić information content (AvgIpc) is 2.72. The normalized spacial score (nSPS) is 12.1. The molecule has 3 aromatic rings. The summed E-state index contributed by atoms with van der Waals surface area (Å²) in [4.78, 5) is 12.5. The average molecular weight is 459 g/mol. The lowest BCUT2D eigenvalue weighted by Crippen LogP contribution is -2.30. The van der Waals surface area contributed by atoms with Gasteiger partial charge >= 0.3 is 0 Å². The molecule has 3 aromatic carbocycles. The van der Waals surface area contributed by atoms with E-state index in [4.69, 9.17) is 16.3 Å². The van der Waals surface area contributed by atoms with Crippen molar-refractivity contribution in [2.45, 2.75) is 31.8 Å². The van der Waals surface area contributed by atoms with Crippen LogP contribution in [0, 0.1) is 13.8 Å². The fourth-order valence-corrected chi connectivity index (χ4v) is 4.07. The van der Waals surface area contributed by atoms with Crippen LogP contribution in [-0.2, 0) is 14.8 Å². The number of ether oxygens (including phenoxy) is 1. The van der Waals surface area contributed by atoms with Crippen molar-refractivity contribution in [1.29, 1.82) is 0 Å². The predicted octanol–water partition coefficient (Wildman–Crippen LogP) is 5.16. The lowest BCUT2D eigenvalue weighted by atomic mass is 10.1. The first-order chi connectivity index (χ1) is 14.7. The highest BCUT2D eigenvalue weighted by atomic mass is 35.5. The van der Waals surface area contributed by atoms with Crippen molar-refractivity contribution in [2.75, 3.05) is 10.0 Å². The van der Waals surface area contributed by atoms with Crippen LogP contribution >= 0.6 is 11.6 Å². The number of benzene rings is 3. The summed E-state index contributed by atoms with van der Waals surface area (Å²) in [7, 11) is -3.82. The molecule has 3 rings (SSSR count). The van der Waals surface area contributed by atoms with Crippen molar-refractivity contribution in [1.82, 2.24) is 0 Å². The van der Waals surface area contributed by atoms with Crippen LogP contribution in [0.25, 0.3) is 0 Å². The molecular formula is C23H23ClN2O4S. The molecule has 1 amide bonds. The zero-order chi connectivity index (χ0) is 22.6. The molecule has 162 valence electrons. The second kappa shape index (κ2) is 9.41. The molecule has 2 N–H and O–H groups in total. The highest BCUT2D eigenvalue weighted by Gasteiger charge is 2.18. The molecular weight excluding hydrogens is 436 g/mol. The van der Waals surface area contributed by atoms with Gasteiger partial charge in [-0.05, 0) is 80.4 Å². The summed E-state index contributed by atoms with van der Waals surface area (Å²) in [5, 5.41) is 3.02. The Labute approximate surface area is 187 Å². The Balaban J connectivity index is 1.64. The number of carbonyl (C=O) groups is 1. The van der Waals surface area contributed by atoms with Crippen LogP contribution in [0.3, 0.4) is 0 Å². The molecule has 0 aromatic heterocycles. The molecule has 0 spiro atoms. The molecule has 0 aliphatic heterocycles. The van der Waals surface area contributed by atoms with Crippen LogP contribution in [0.5, 0.6) is 5.75 Å². The first-order valence-corrected chi connectivity index (χ1v) is 11.4. The fraction of sp³-hybridized carbons (Fsp3) is 0.174. The minimum absolute atomic E-state index is 0.0462. The number of carbonyl (C=O) groups excluding carboxylic acids is 1. The van der Waals surface area contributed by atoms with E-state index in [2.05, 4.69) is 10.0 Å². The summed E-state index contributed by atoms with van der Waals surface area (Å²) in [6, 6.07) is 18.0. The Morgan fingerprint density at radius 3 is 2.29 bits per heavy atom. The van der Waals surface area contributed by atoms with Crippen molar-refractivity contribution in [2.24, 2.45) is 0 Å². The first kappa shape index (κ1) is 22.7.